The van der Waals surface area contributed by atoms with Crippen molar-refractivity contribution in [2.45, 2.75) is 51.0 Å². The Kier molecular flexibility index (Phi) is 9.40. The summed E-state index contributed by atoms with van der Waals surface area (Å²) < 4.78 is 0. The first-order chi connectivity index (χ1) is 16.5. The van der Waals surface area contributed by atoms with Gasteiger partial charge < -0.3 is 15.3 Å². The van der Waals surface area contributed by atoms with Crippen LogP contribution in [-0.4, -0.2) is 28.8 Å². The van der Waals surface area contributed by atoms with Crippen LogP contribution < -0.4 is 15.6 Å². The van der Waals surface area contributed by atoms with Crippen molar-refractivity contribution >= 4 is 23.3 Å². The summed E-state index contributed by atoms with van der Waals surface area (Å²) in [5.41, 5.74) is 3.63. The van der Waals surface area contributed by atoms with Crippen molar-refractivity contribution in [1.82, 2.24) is 5.48 Å². The Morgan fingerprint density at radius 2 is 1.74 bits per heavy atom. The van der Waals surface area contributed by atoms with Crippen LogP contribution >= 0.6 is 0 Å². The number of Topliss-reactive ketones (excluding diaryl/α,β-unsaturated/α-hetero) is 1. The maximum absolute atomic E-state index is 12.2. The monoisotopic (exact) mass is 464 g/mol. The summed E-state index contributed by atoms with van der Waals surface area (Å²) >= 11 is 0. The molecule has 1 aliphatic rings. The summed E-state index contributed by atoms with van der Waals surface area (Å²) in [7, 11) is 0. The van der Waals surface area contributed by atoms with Crippen molar-refractivity contribution in [3.8, 4) is 5.75 Å². The minimum absolute atomic E-state index is 0.123. The van der Waals surface area contributed by atoms with Crippen molar-refractivity contribution in [3.05, 3.63) is 72.8 Å². The normalized spacial score (nSPS) is 19.4. The molecule has 7 heteroatoms. The number of rotatable bonds is 12. The molecule has 3 rings (SSSR count). The first-order valence-electron chi connectivity index (χ1n) is 11.7. The summed E-state index contributed by atoms with van der Waals surface area (Å²) in [5.74, 6) is -0.0727. The van der Waals surface area contributed by atoms with Gasteiger partial charge in [-0.3, -0.25) is 14.4 Å². The van der Waals surface area contributed by atoms with Crippen molar-refractivity contribution in [2.75, 3.05) is 5.32 Å². The molecule has 1 aliphatic carbocycles. The predicted octanol–water partition coefficient (Wildman–Crippen LogP) is 4.44. The molecule has 0 bridgehead atoms. The predicted molar refractivity (Wildman–Crippen MR) is 130 cm³/mol. The molecule has 0 aromatic heterocycles. The fourth-order valence-corrected chi connectivity index (χ4v) is 4.22. The molecule has 0 saturated heterocycles. The van der Waals surface area contributed by atoms with E-state index in [2.05, 4.69) is 17.4 Å². The highest BCUT2D eigenvalue weighted by molar-refractivity contribution is 6.04. The summed E-state index contributed by atoms with van der Waals surface area (Å²) in [6.07, 6.45) is 5.85. The molecule has 1 fully saturated rings. The maximum Gasteiger partial charge on any atom is 0.255 e. The summed E-state index contributed by atoms with van der Waals surface area (Å²) in [5, 5.41) is 12.7. The minimum atomic E-state index is -0.594. The number of ketones is 1. The molecule has 0 aliphatic heterocycles. The maximum atomic E-state index is 12.2. The fourth-order valence-electron chi connectivity index (χ4n) is 4.22. The van der Waals surface area contributed by atoms with Gasteiger partial charge >= 0.3 is 0 Å². The van der Waals surface area contributed by atoms with Crippen molar-refractivity contribution in [1.29, 1.82) is 0 Å². The molecule has 180 valence electrons. The molecule has 3 N–H and O–H groups in total. The lowest BCUT2D eigenvalue weighted by molar-refractivity contribution is -0.127. The molecular formula is C27H32N2O5. The average molecular weight is 465 g/mol. The number of hydrogen-bond donors (Lipinski definition) is 3. The zero-order chi connectivity index (χ0) is 24.3. The van der Waals surface area contributed by atoms with Crippen LogP contribution in [0.4, 0.5) is 5.69 Å². The lowest BCUT2D eigenvalue weighted by Crippen LogP contribution is -2.26. The second-order valence-corrected chi connectivity index (χ2v) is 8.58. The third-order valence-corrected chi connectivity index (χ3v) is 6.10. The highest BCUT2D eigenvalue weighted by Gasteiger charge is 2.38. The van der Waals surface area contributed by atoms with Gasteiger partial charge in [0.2, 0.25) is 0 Å². The molecule has 0 heterocycles. The molecule has 0 unspecified atom stereocenters. The Morgan fingerprint density at radius 1 is 1.03 bits per heavy atom. The van der Waals surface area contributed by atoms with Gasteiger partial charge in [-0.2, -0.15) is 5.48 Å². The van der Waals surface area contributed by atoms with Crippen molar-refractivity contribution in [2.24, 2.45) is 11.8 Å². The van der Waals surface area contributed by atoms with E-state index >= 15 is 0 Å². The number of carbonyl (C=O) groups is 3. The molecule has 1 saturated carbocycles. The standard InChI is InChI=1S/C27H32N2O5/c1-2-22-23(25(31)18-24(22)30)12-8-3-4-9-13-26(32)29-34-21-16-14-20(15-17-21)28-27(33)19-10-6-5-7-11-19/h2,5-7,10-11,14-17,22-24,30H,1,3-4,8-9,12-13,18H2,(H,28,33)(H,29,32)/t22-,23-,24-/m1/s1. The SMILES string of the molecule is C=C[C@H]1[C@H](O)CC(=O)[C@@H]1CCCCCCC(=O)NOc1ccc(NC(=O)c2ccccc2)cc1. The Hall–Kier alpha value is -3.45. The highest BCUT2D eigenvalue weighted by Crippen LogP contribution is 2.33. The number of hydroxylamine groups is 1. The van der Waals surface area contributed by atoms with Crippen LogP contribution in [0.5, 0.6) is 5.75 Å². The molecule has 2 amide bonds. The molecule has 2 aromatic carbocycles. The minimum Gasteiger partial charge on any atom is -0.392 e. The number of carbonyl (C=O) groups excluding carboxylic acids is 3. The topological polar surface area (TPSA) is 105 Å². The van der Waals surface area contributed by atoms with E-state index in [1.54, 1.807) is 54.6 Å². The third-order valence-electron chi connectivity index (χ3n) is 6.10. The van der Waals surface area contributed by atoms with E-state index in [0.29, 0.717) is 23.4 Å². The van der Waals surface area contributed by atoms with Crippen LogP contribution in [0.15, 0.2) is 67.3 Å². The number of aliphatic hydroxyl groups excluding tert-OH is 1. The van der Waals surface area contributed by atoms with E-state index in [1.165, 1.54) is 0 Å². The second-order valence-electron chi connectivity index (χ2n) is 8.58. The van der Waals surface area contributed by atoms with Gasteiger partial charge in [0.1, 0.15) is 5.78 Å². The van der Waals surface area contributed by atoms with E-state index in [0.717, 1.165) is 32.1 Å². The third kappa shape index (κ3) is 7.28. The van der Waals surface area contributed by atoms with E-state index < -0.39 is 6.10 Å². The van der Waals surface area contributed by atoms with Crippen molar-refractivity contribution < 1.29 is 24.3 Å². The van der Waals surface area contributed by atoms with E-state index in [4.69, 9.17) is 4.84 Å². The number of amides is 2. The molecule has 34 heavy (non-hydrogen) atoms. The van der Waals surface area contributed by atoms with Crippen LogP contribution in [0.25, 0.3) is 0 Å². The lowest BCUT2D eigenvalue weighted by atomic mass is 9.89. The number of benzene rings is 2. The highest BCUT2D eigenvalue weighted by atomic mass is 16.7. The quantitative estimate of drug-likeness (QED) is 0.245. The lowest BCUT2D eigenvalue weighted by Gasteiger charge is -2.16. The largest absolute Gasteiger partial charge is 0.392 e. The van der Waals surface area contributed by atoms with Gasteiger partial charge in [-0.1, -0.05) is 43.5 Å². The number of nitrogens with one attached hydrogen (secondary N) is 2. The van der Waals surface area contributed by atoms with Crippen LogP contribution in [0.2, 0.25) is 0 Å². The molecule has 3 atom stereocenters. The zero-order valence-electron chi connectivity index (χ0n) is 19.2. The van der Waals surface area contributed by atoms with Gasteiger partial charge in [-0.15, -0.1) is 6.58 Å². The number of anilines is 1. The van der Waals surface area contributed by atoms with Crippen LogP contribution in [0.1, 0.15) is 55.3 Å². The van der Waals surface area contributed by atoms with Gasteiger partial charge in [0, 0.05) is 35.9 Å². The molecule has 7 nitrogen and oxygen atoms in total. The first kappa shape index (κ1) is 25.2. The molecule has 2 aromatic rings. The fraction of sp³-hybridized carbons (Fsp3) is 0.370. The Bertz CT molecular complexity index is 974. The summed E-state index contributed by atoms with van der Waals surface area (Å²) in [6.45, 7) is 3.74. The van der Waals surface area contributed by atoms with E-state index in [1.807, 2.05) is 6.07 Å². The van der Waals surface area contributed by atoms with E-state index in [-0.39, 0.29) is 35.9 Å². The van der Waals surface area contributed by atoms with Crippen LogP contribution in [0, 0.1) is 11.8 Å². The number of hydrogen-bond acceptors (Lipinski definition) is 5. The van der Waals surface area contributed by atoms with E-state index in [9.17, 15) is 19.5 Å². The smallest absolute Gasteiger partial charge is 0.255 e. The average Bonchev–Trinajstić information content (AvgIpc) is 3.13. The zero-order valence-corrected chi connectivity index (χ0v) is 19.2. The summed E-state index contributed by atoms with van der Waals surface area (Å²) in [6, 6.07) is 15.7. The van der Waals surface area contributed by atoms with Gasteiger partial charge in [0.15, 0.2) is 5.75 Å². The van der Waals surface area contributed by atoms with Gasteiger partial charge in [0.05, 0.1) is 6.10 Å². The summed E-state index contributed by atoms with van der Waals surface area (Å²) in [4.78, 5) is 41.5. The van der Waals surface area contributed by atoms with Gasteiger partial charge in [0.25, 0.3) is 11.8 Å². The molecular weight excluding hydrogens is 432 g/mol. The molecule has 0 radical (unpaired) electrons. The van der Waals surface area contributed by atoms with Crippen LogP contribution in [-0.2, 0) is 9.59 Å². The Labute approximate surface area is 200 Å². The second kappa shape index (κ2) is 12.7. The Morgan fingerprint density at radius 3 is 2.44 bits per heavy atom. The van der Waals surface area contributed by atoms with Crippen molar-refractivity contribution in [3.63, 3.8) is 0 Å². The first-order valence-corrected chi connectivity index (χ1v) is 11.7. The van der Waals surface area contributed by atoms with Crippen LogP contribution in [0.3, 0.4) is 0 Å². The molecule has 0 spiro atoms. The Balaban J connectivity index is 1.28. The number of aliphatic hydroxyl groups is 1. The number of unbranched alkanes of at least 4 members (excludes halogenated alkanes) is 3. The van der Waals surface area contributed by atoms with Gasteiger partial charge in [-0.25, -0.2) is 0 Å². The van der Waals surface area contributed by atoms with Gasteiger partial charge in [-0.05, 0) is 49.2 Å².